The number of nitrogen functional groups attached to an aromatic ring is 1. The fourth-order valence-corrected chi connectivity index (χ4v) is 2.17. The Morgan fingerprint density at radius 3 is 2.71 bits per heavy atom. The molecule has 2 heterocycles. The molecule has 1 aliphatic heterocycles. The Hall–Kier alpha value is -1.07. The highest BCUT2D eigenvalue weighted by molar-refractivity contribution is 6.32. The van der Waals surface area contributed by atoms with Crippen molar-refractivity contribution in [3.8, 4) is 0 Å². The van der Waals surface area contributed by atoms with E-state index in [1.54, 1.807) is 0 Å². The first-order valence-electron chi connectivity index (χ1n) is 5.64. The summed E-state index contributed by atoms with van der Waals surface area (Å²) < 4.78 is 0. The molecule has 0 bridgehead atoms. The molecule has 0 atom stereocenters. The number of halogens is 1. The van der Waals surface area contributed by atoms with Crippen molar-refractivity contribution in [2.75, 3.05) is 37.3 Å². The smallest absolute Gasteiger partial charge is 0.157 e. The van der Waals surface area contributed by atoms with Crippen LogP contribution in [0.2, 0.25) is 5.15 Å². The summed E-state index contributed by atoms with van der Waals surface area (Å²) in [5.74, 6) is 0.742. The second-order valence-electron chi connectivity index (χ2n) is 5.06. The van der Waals surface area contributed by atoms with Crippen molar-refractivity contribution < 1.29 is 0 Å². The molecule has 17 heavy (non-hydrogen) atoms. The molecule has 1 aromatic rings. The zero-order chi connectivity index (χ0) is 12.6. The zero-order valence-corrected chi connectivity index (χ0v) is 11.2. The molecule has 0 amide bonds. The van der Waals surface area contributed by atoms with Crippen molar-refractivity contribution in [1.82, 2.24) is 14.9 Å². The number of likely N-dealkylation sites (N-methyl/N-ethyl adjacent to an activating group) is 1. The van der Waals surface area contributed by atoms with Gasteiger partial charge in [-0.25, -0.2) is 9.97 Å². The minimum atomic E-state index is 0.0993. The molecule has 1 aliphatic rings. The van der Waals surface area contributed by atoms with E-state index in [2.05, 4.69) is 40.7 Å². The number of rotatable bonds is 1. The summed E-state index contributed by atoms with van der Waals surface area (Å²) in [7, 11) is 2.13. The average Bonchev–Trinajstić information content (AvgIpc) is 2.26. The molecule has 1 saturated heterocycles. The van der Waals surface area contributed by atoms with Crippen LogP contribution in [0.15, 0.2) is 6.33 Å². The first-order chi connectivity index (χ1) is 7.92. The second kappa shape index (κ2) is 4.31. The highest BCUT2D eigenvalue weighted by Gasteiger charge is 2.32. The van der Waals surface area contributed by atoms with E-state index in [0.29, 0.717) is 10.8 Å². The highest BCUT2D eigenvalue weighted by Crippen LogP contribution is 2.29. The fraction of sp³-hybridized carbons (Fsp3) is 0.636. The maximum absolute atomic E-state index is 5.92. The van der Waals surface area contributed by atoms with Gasteiger partial charge in [0.05, 0.1) is 0 Å². The molecular formula is C11H18ClN5. The maximum Gasteiger partial charge on any atom is 0.157 e. The third-order valence-corrected chi connectivity index (χ3v) is 3.73. The molecule has 2 rings (SSSR count). The molecule has 0 unspecified atom stereocenters. The van der Waals surface area contributed by atoms with Gasteiger partial charge in [-0.3, -0.25) is 4.90 Å². The van der Waals surface area contributed by atoms with Gasteiger partial charge in [0.2, 0.25) is 0 Å². The van der Waals surface area contributed by atoms with Crippen LogP contribution in [0.1, 0.15) is 13.8 Å². The SMILES string of the molecule is CN1CCN(c2ncnc(Cl)c2N)CC1(C)C. The average molecular weight is 256 g/mol. The normalized spacial score (nSPS) is 20.6. The van der Waals surface area contributed by atoms with Crippen molar-refractivity contribution in [3.63, 3.8) is 0 Å². The van der Waals surface area contributed by atoms with E-state index in [0.717, 1.165) is 25.5 Å². The molecule has 6 heteroatoms. The van der Waals surface area contributed by atoms with Crippen molar-refractivity contribution in [2.24, 2.45) is 0 Å². The summed E-state index contributed by atoms with van der Waals surface area (Å²) in [6.07, 6.45) is 1.46. The number of anilines is 2. The summed E-state index contributed by atoms with van der Waals surface area (Å²) in [4.78, 5) is 12.6. The van der Waals surface area contributed by atoms with Crippen molar-refractivity contribution >= 4 is 23.1 Å². The van der Waals surface area contributed by atoms with E-state index in [1.807, 2.05) is 0 Å². The standard InChI is InChI=1S/C11H18ClN5/c1-11(2)6-17(5-4-16(11)3)10-8(13)9(12)14-7-15-10/h7H,4-6,13H2,1-3H3. The lowest BCUT2D eigenvalue weighted by Crippen LogP contribution is -2.58. The van der Waals surface area contributed by atoms with Crippen LogP contribution in [0.4, 0.5) is 11.5 Å². The second-order valence-corrected chi connectivity index (χ2v) is 5.42. The maximum atomic E-state index is 5.92. The molecule has 1 fully saturated rings. The Balaban J connectivity index is 2.27. The lowest BCUT2D eigenvalue weighted by atomic mass is 10.00. The molecule has 2 N–H and O–H groups in total. The Bertz CT molecular complexity index is 420. The van der Waals surface area contributed by atoms with Gasteiger partial charge in [-0.15, -0.1) is 0 Å². The molecular weight excluding hydrogens is 238 g/mol. The topological polar surface area (TPSA) is 58.3 Å². The van der Waals surface area contributed by atoms with Gasteiger partial charge in [0.1, 0.15) is 12.0 Å². The van der Waals surface area contributed by atoms with Gasteiger partial charge in [-0.05, 0) is 20.9 Å². The lowest BCUT2D eigenvalue weighted by Gasteiger charge is -2.45. The van der Waals surface area contributed by atoms with Gasteiger partial charge in [0.25, 0.3) is 0 Å². The molecule has 0 aliphatic carbocycles. The van der Waals surface area contributed by atoms with Gasteiger partial charge in [0, 0.05) is 25.2 Å². The molecule has 1 aromatic heterocycles. The van der Waals surface area contributed by atoms with Gasteiger partial charge in [0.15, 0.2) is 11.0 Å². The number of hydrogen-bond donors (Lipinski definition) is 1. The Kier molecular flexibility index (Phi) is 3.14. The van der Waals surface area contributed by atoms with E-state index < -0.39 is 0 Å². The largest absolute Gasteiger partial charge is 0.393 e. The van der Waals surface area contributed by atoms with E-state index >= 15 is 0 Å². The number of nitrogens with two attached hydrogens (primary N) is 1. The number of aromatic nitrogens is 2. The summed E-state index contributed by atoms with van der Waals surface area (Å²) in [5.41, 5.74) is 6.49. The van der Waals surface area contributed by atoms with Crippen molar-refractivity contribution in [2.45, 2.75) is 19.4 Å². The Labute approximate surface area is 107 Å². The Morgan fingerprint density at radius 1 is 1.35 bits per heavy atom. The van der Waals surface area contributed by atoms with E-state index in [-0.39, 0.29) is 5.54 Å². The van der Waals surface area contributed by atoms with E-state index in [4.69, 9.17) is 17.3 Å². The van der Waals surface area contributed by atoms with Crippen LogP contribution < -0.4 is 10.6 Å². The van der Waals surface area contributed by atoms with Gasteiger partial charge in [-0.1, -0.05) is 11.6 Å². The quantitative estimate of drug-likeness (QED) is 0.766. The minimum Gasteiger partial charge on any atom is -0.393 e. The molecule has 5 nitrogen and oxygen atoms in total. The zero-order valence-electron chi connectivity index (χ0n) is 10.4. The predicted molar refractivity (Wildman–Crippen MR) is 70.4 cm³/mol. The first kappa shape index (κ1) is 12.4. The van der Waals surface area contributed by atoms with Crippen LogP contribution in [0.3, 0.4) is 0 Å². The van der Waals surface area contributed by atoms with Crippen molar-refractivity contribution in [1.29, 1.82) is 0 Å². The van der Waals surface area contributed by atoms with Crippen LogP contribution >= 0.6 is 11.6 Å². The first-order valence-corrected chi connectivity index (χ1v) is 6.02. The van der Waals surface area contributed by atoms with Crippen LogP contribution in [0.25, 0.3) is 0 Å². The van der Waals surface area contributed by atoms with Crippen LogP contribution in [0.5, 0.6) is 0 Å². The van der Waals surface area contributed by atoms with Gasteiger partial charge < -0.3 is 10.6 Å². The number of piperazine rings is 1. The predicted octanol–water partition coefficient (Wildman–Crippen LogP) is 1.24. The molecule has 0 spiro atoms. The summed E-state index contributed by atoms with van der Waals surface area (Å²) in [5, 5.41) is 0.326. The molecule has 0 radical (unpaired) electrons. The fourth-order valence-electron chi connectivity index (χ4n) is 2.04. The lowest BCUT2D eigenvalue weighted by molar-refractivity contribution is 0.138. The van der Waals surface area contributed by atoms with Crippen LogP contribution in [-0.4, -0.2) is 47.1 Å². The summed E-state index contributed by atoms with van der Waals surface area (Å²) in [6.45, 7) is 7.17. The third kappa shape index (κ3) is 2.30. The van der Waals surface area contributed by atoms with E-state index in [1.165, 1.54) is 6.33 Å². The number of hydrogen-bond acceptors (Lipinski definition) is 5. The van der Waals surface area contributed by atoms with Gasteiger partial charge in [-0.2, -0.15) is 0 Å². The van der Waals surface area contributed by atoms with Crippen molar-refractivity contribution in [3.05, 3.63) is 11.5 Å². The van der Waals surface area contributed by atoms with Crippen LogP contribution in [-0.2, 0) is 0 Å². The Morgan fingerprint density at radius 2 is 2.06 bits per heavy atom. The summed E-state index contributed by atoms with van der Waals surface area (Å²) >= 11 is 5.92. The summed E-state index contributed by atoms with van der Waals surface area (Å²) in [6, 6.07) is 0. The van der Waals surface area contributed by atoms with Gasteiger partial charge >= 0.3 is 0 Å². The van der Waals surface area contributed by atoms with Crippen LogP contribution in [0, 0.1) is 0 Å². The van der Waals surface area contributed by atoms with E-state index in [9.17, 15) is 0 Å². The third-order valence-electron chi connectivity index (χ3n) is 3.43. The monoisotopic (exact) mass is 255 g/mol. The molecule has 0 aromatic carbocycles. The molecule has 94 valence electrons. The highest BCUT2D eigenvalue weighted by atomic mass is 35.5. The number of nitrogens with zero attached hydrogens (tertiary/aromatic N) is 4. The minimum absolute atomic E-state index is 0.0993. The molecule has 0 saturated carbocycles.